The molecule has 1 saturated heterocycles. The molecule has 2 aromatic rings. The van der Waals surface area contributed by atoms with Gasteiger partial charge in [0.25, 0.3) is 0 Å². The second-order valence-corrected chi connectivity index (χ2v) is 10.2. The maximum Gasteiger partial charge on any atom is 0.214 e. The number of hydrogen-bond acceptors (Lipinski definition) is 3. The summed E-state index contributed by atoms with van der Waals surface area (Å²) >= 11 is 18.5. The van der Waals surface area contributed by atoms with Gasteiger partial charge in [-0.25, -0.2) is 8.42 Å². The summed E-state index contributed by atoms with van der Waals surface area (Å²) in [6, 6.07) is 12.6. The molecule has 1 heterocycles. The van der Waals surface area contributed by atoms with Gasteiger partial charge in [-0.05, 0) is 36.2 Å². The highest BCUT2D eigenvalue weighted by Crippen LogP contribution is 2.36. The lowest BCUT2D eigenvalue weighted by Crippen LogP contribution is -2.55. The maximum atomic E-state index is 12.3. The second kappa shape index (κ2) is 9.33. The van der Waals surface area contributed by atoms with E-state index in [0.29, 0.717) is 34.6 Å². The average molecular weight is 463 g/mol. The predicted molar refractivity (Wildman–Crippen MR) is 115 cm³/mol. The molecule has 2 aromatic carbocycles. The zero-order valence-corrected chi connectivity index (χ0v) is 18.5. The maximum absolute atomic E-state index is 12.3. The summed E-state index contributed by atoms with van der Waals surface area (Å²) in [6.45, 7) is 2.67. The molecule has 3 rings (SSSR count). The van der Waals surface area contributed by atoms with Crippen molar-refractivity contribution in [2.75, 3.05) is 18.8 Å². The van der Waals surface area contributed by atoms with E-state index >= 15 is 0 Å². The van der Waals surface area contributed by atoms with Crippen LogP contribution in [-0.4, -0.2) is 37.7 Å². The van der Waals surface area contributed by atoms with Crippen molar-refractivity contribution < 1.29 is 13.2 Å². The van der Waals surface area contributed by atoms with Gasteiger partial charge >= 0.3 is 0 Å². The third-order valence-corrected chi connectivity index (χ3v) is 7.41. The van der Waals surface area contributed by atoms with Gasteiger partial charge in [-0.2, -0.15) is 4.31 Å². The molecule has 8 heteroatoms. The van der Waals surface area contributed by atoms with Crippen LogP contribution in [0.3, 0.4) is 0 Å². The molecule has 0 N–H and O–H groups in total. The molecule has 4 nitrogen and oxygen atoms in total. The molecule has 0 spiro atoms. The van der Waals surface area contributed by atoms with Crippen LogP contribution >= 0.6 is 34.8 Å². The van der Waals surface area contributed by atoms with Crippen LogP contribution in [-0.2, 0) is 14.8 Å². The van der Waals surface area contributed by atoms with Crippen LogP contribution in [0.1, 0.15) is 37.0 Å². The molecule has 1 aliphatic rings. The first-order valence-electron chi connectivity index (χ1n) is 9.14. The quantitative estimate of drug-likeness (QED) is 0.515. The average Bonchev–Trinajstić information content (AvgIpc) is 2.61. The minimum atomic E-state index is -3.21. The summed E-state index contributed by atoms with van der Waals surface area (Å²) in [4.78, 5) is 0. The number of nitrogens with zero attached hydrogens (tertiary/aromatic N) is 1. The first-order chi connectivity index (χ1) is 13.3. The smallest absolute Gasteiger partial charge is 0.214 e. The fourth-order valence-corrected chi connectivity index (χ4v) is 5.38. The number of benzene rings is 2. The van der Waals surface area contributed by atoms with Crippen molar-refractivity contribution in [3.63, 3.8) is 0 Å². The molecule has 1 fully saturated rings. The summed E-state index contributed by atoms with van der Waals surface area (Å²) in [5.41, 5.74) is 1.67. The van der Waals surface area contributed by atoms with Crippen LogP contribution in [0, 0.1) is 0 Å². The normalized spacial score (nSPS) is 16.7. The van der Waals surface area contributed by atoms with Crippen molar-refractivity contribution in [3.05, 3.63) is 68.7 Å². The number of rotatable bonds is 8. The molecule has 0 aliphatic carbocycles. The Labute approximate surface area is 181 Å². The van der Waals surface area contributed by atoms with E-state index in [1.54, 1.807) is 24.3 Å². The Balaban J connectivity index is 1.77. The van der Waals surface area contributed by atoms with Gasteiger partial charge in [0.1, 0.15) is 6.10 Å². The molecule has 0 aromatic heterocycles. The Morgan fingerprint density at radius 1 is 1.07 bits per heavy atom. The van der Waals surface area contributed by atoms with Crippen molar-refractivity contribution in [1.29, 1.82) is 0 Å². The summed E-state index contributed by atoms with van der Waals surface area (Å²) < 4.78 is 32.3. The van der Waals surface area contributed by atoms with Gasteiger partial charge in [0.2, 0.25) is 10.0 Å². The lowest BCUT2D eigenvalue weighted by Gasteiger charge is -2.40. The molecular formula is C20H22Cl3NO3S. The molecule has 0 radical (unpaired) electrons. The molecule has 1 atom stereocenters. The van der Waals surface area contributed by atoms with Crippen molar-refractivity contribution in [2.45, 2.75) is 32.0 Å². The zero-order valence-electron chi connectivity index (χ0n) is 15.4. The van der Waals surface area contributed by atoms with Gasteiger partial charge in [0, 0.05) is 33.7 Å². The van der Waals surface area contributed by atoms with E-state index in [1.807, 2.05) is 25.1 Å². The Morgan fingerprint density at radius 3 is 2.32 bits per heavy atom. The Kier molecular flexibility index (Phi) is 7.29. The standard InChI is InChI=1S/C20H22Cl3NO3S/c1-2-3-10-28(25,26)24-12-17(13-24)27-20(14-4-6-15(21)7-5-14)18-9-8-16(22)11-19(18)23/h4-9,11,17,20H,2-3,10,12-13H2,1H3. The van der Waals surface area contributed by atoms with E-state index in [1.165, 1.54) is 4.31 Å². The summed E-state index contributed by atoms with van der Waals surface area (Å²) in [5, 5.41) is 1.67. The van der Waals surface area contributed by atoms with Crippen LogP contribution in [0.25, 0.3) is 0 Å². The SMILES string of the molecule is CCCCS(=O)(=O)N1CC(OC(c2ccc(Cl)cc2)c2ccc(Cl)cc2Cl)C1. The van der Waals surface area contributed by atoms with Crippen LogP contribution < -0.4 is 0 Å². The van der Waals surface area contributed by atoms with Crippen molar-refractivity contribution in [1.82, 2.24) is 4.31 Å². The molecule has 28 heavy (non-hydrogen) atoms. The van der Waals surface area contributed by atoms with E-state index < -0.39 is 16.1 Å². The fourth-order valence-electron chi connectivity index (χ4n) is 3.05. The number of hydrogen-bond donors (Lipinski definition) is 0. The Hall–Kier alpha value is -0.820. The molecule has 1 aliphatic heterocycles. The third-order valence-electron chi connectivity index (χ3n) is 4.71. The van der Waals surface area contributed by atoms with Gasteiger partial charge in [-0.15, -0.1) is 0 Å². The lowest BCUT2D eigenvalue weighted by atomic mass is 10.0. The van der Waals surface area contributed by atoms with Crippen molar-refractivity contribution in [2.24, 2.45) is 0 Å². The van der Waals surface area contributed by atoms with Crippen molar-refractivity contribution >= 4 is 44.8 Å². The monoisotopic (exact) mass is 461 g/mol. The number of unbranched alkanes of at least 4 members (excludes halogenated alkanes) is 1. The number of sulfonamides is 1. The van der Waals surface area contributed by atoms with E-state index in [4.69, 9.17) is 39.5 Å². The Bertz CT molecular complexity index is 913. The van der Waals surface area contributed by atoms with Gasteiger partial charge < -0.3 is 4.74 Å². The van der Waals surface area contributed by atoms with E-state index in [0.717, 1.165) is 17.5 Å². The highest BCUT2D eigenvalue weighted by Gasteiger charge is 2.38. The molecular weight excluding hydrogens is 441 g/mol. The van der Waals surface area contributed by atoms with Gasteiger partial charge in [0.15, 0.2) is 0 Å². The van der Waals surface area contributed by atoms with Gasteiger partial charge in [-0.1, -0.05) is 66.3 Å². The van der Waals surface area contributed by atoms with Crippen molar-refractivity contribution in [3.8, 4) is 0 Å². The third kappa shape index (κ3) is 5.21. The van der Waals surface area contributed by atoms with E-state index in [-0.39, 0.29) is 11.9 Å². The first kappa shape index (κ1) is 21.9. The summed E-state index contributed by atoms with van der Waals surface area (Å²) in [6.07, 6.45) is 0.870. The predicted octanol–water partition coefficient (Wildman–Crippen LogP) is 5.57. The summed E-state index contributed by atoms with van der Waals surface area (Å²) in [5.74, 6) is 0.180. The highest BCUT2D eigenvalue weighted by molar-refractivity contribution is 7.89. The molecule has 1 unspecified atom stereocenters. The molecule has 152 valence electrons. The molecule has 0 amide bonds. The minimum absolute atomic E-state index is 0.180. The van der Waals surface area contributed by atoms with Crippen LogP contribution in [0.15, 0.2) is 42.5 Å². The zero-order chi connectivity index (χ0) is 20.3. The largest absolute Gasteiger partial charge is 0.363 e. The van der Waals surface area contributed by atoms with E-state index in [9.17, 15) is 8.42 Å². The second-order valence-electron chi connectivity index (χ2n) is 6.84. The van der Waals surface area contributed by atoms with Gasteiger partial charge in [-0.3, -0.25) is 0 Å². The topological polar surface area (TPSA) is 46.6 Å². The van der Waals surface area contributed by atoms with Crippen LogP contribution in [0.2, 0.25) is 15.1 Å². The molecule has 0 bridgehead atoms. The minimum Gasteiger partial charge on any atom is -0.363 e. The Morgan fingerprint density at radius 2 is 1.71 bits per heavy atom. The number of ether oxygens (including phenoxy) is 1. The summed E-state index contributed by atoms with van der Waals surface area (Å²) in [7, 11) is -3.21. The fraction of sp³-hybridized carbons (Fsp3) is 0.400. The highest BCUT2D eigenvalue weighted by atomic mass is 35.5. The van der Waals surface area contributed by atoms with Crippen LogP contribution in [0.4, 0.5) is 0 Å². The lowest BCUT2D eigenvalue weighted by molar-refractivity contribution is -0.0523. The van der Waals surface area contributed by atoms with Gasteiger partial charge in [0.05, 0.1) is 11.9 Å². The van der Waals surface area contributed by atoms with Crippen LogP contribution in [0.5, 0.6) is 0 Å². The van der Waals surface area contributed by atoms with E-state index in [2.05, 4.69) is 0 Å². The number of halogens is 3. The molecule has 0 saturated carbocycles. The first-order valence-corrected chi connectivity index (χ1v) is 11.9.